The molecule has 1 aromatic carbocycles. The van der Waals surface area contributed by atoms with Crippen molar-refractivity contribution in [1.29, 1.82) is 0 Å². The second-order valence-electron chi connectivity index (χ2n) is 3.68. The van der Waals surface area contributed by atoms with E-state index in [4.69, 9.17) is 0 Å². The Morgan fingerprint density at radius 1 is 1.31 bits per heavy atom. The molecule has 1 N–H and O–H groups in total. The minimum atomic E-state index is 0.106. The van der Waals surface area contributed by atoms with Crippen molar-refractivity contribution in [2.75, 3.05) is 25.5 Å². The summed E-state index contributed by atoms with van der Waals surface area (Å²) in [4.78, 5) is 14.1. The molecule has 0 aliphatic heterocycles. The zero-order valence-corrected chi connectivity index (χ0v) is 10.3. The van der Waals surface area contributed by atoms with Crippen LogP contribution in [0.5, 0.6) is 0 Å². The molecule has 1 aromatic rings. The first-order valence-electron chi connectivity index (χ1n) is 5.80. The van der Waals surface area contributed by atoms with Crippen molar-refractivity contribution in [2.24, 2.45) is 0 Å². The molecule has 0 aromatic heterocycles. The zero-order chi connectivity index (χ0) is 12.0. The molecule has 0 radical (unpaired) electrons. The van der Waals surface area contributed by atoms with Gasteiger partial charge in [-0.3, -0.25) is 4.79 Å². The largest absolute Gasteiger partial charge is 0.387 e. The Morgan fingerprint density at radius 2 is 2.00 bits per heavy atom. The Labute approximate surface area is 97.5 Å². The van der Waals surface area contributed by atoms with Crippen LogP contribution in [0.3, 0.4) is 0 Å². The summed E-state index contributed by atoms with van der Waals surface area (Å²) < 4.78 is 0. The van der Waals surface area contributed by atoms with Crippen LogP contribution in [-0.2, 0) is 0 Å². The van der Waals surface area contributed by atoms with E-state index in [1.165, 1.54) is 0 Å². The van der Waals surface area contributed by atoms with Crippen molar-refractivity contribution in [1.82, 2.24) is 4.90 Å². The molecular weight excluding hydrogens is 200 g/mol. The maximum absolute atomic E-state index is 12.2. The highest BCUT2D eigenvalue weighted by Gasteiger charge is 2.15. The van der Waals surface area contributed by atoms with Crippen molar-refractivity contribution in [3.05, 3.63) is 29.8 Å². The zero-order valence-electron chi connectivity index (χ0n) is 10.3. The standard InChI is InChI=1S/C13H20N2O/c1-4-10-15(5-2)13(16)11-8-6-7-9-12(11)14-3/h6-9,14H,4-5,10H2,1-3H3. The van der Waals surface area contributed by atoms with Gasteiger partial charge < -0.3 is 10.2 Å². The molecule has 16 heavy (non-hydrogen) atoms. The quantitative estimate of drug-likeness (QED) is 0.827. The van der Waals surface area contributed by atoms with Crippen molar-refractivity contribution < 1.29 is 4.79 Å². The van der Waals surface area contributed by atoms with Gasteiger partial charge in [-0.05, 0) is 25.5 Å². The molecule has 3 nitrogen and oxygen atoms in total. The van der Waals surface area contributed by atoms with Crippen molar-refractivity contribution in [3.63, 3.8) is 0 Å². The third-order valence-corrected chi connectivity index (χ3v) is 2.59. The summed E-state index contributed by atoms with van der Waals surface area (Å²) in [6, 6.07) is 7.62. The smallest absolute Gasteiger partial charge is 0.255 e. The van der Waals surface area contributed by atoms with Crippen molar-refractivity contribution >= 4 is 11.6 Å². The number of para-hydroxylation sites is 1. The monoisotopic (exact) mass is 220 g/mol. The maximum atomic E-state index is 12.2. The number of benzene rings is 1. The van der Waals surface area contributed by atoms with E-state index in [0.717, 1.165) is 30.8 Å². The highest BCUT2D eigenvalue weighted by atomic mass is 16.2. The fourth-order valence-corrected chi connectivity index (χ4v) is 1.73. The van der Waals surface area contributed by atoms with Crippen molar-refractivity contribution in [3.8, 4) is 0 Å². The van der Waals surface area contributed by atoms with E-state index < -0.39 is 0 Å². The molecule has 0 saturated heterocycles. The SMILES string of the molecule is CCCN(CC)C(=O)c1ccccc1NC. The summed E-state index contributed by atoms with van der Waals surface area (Å²) in [6.07, 6.45) is 0.987. The molecule has 88 valence electrons. The molecule has 0 heterocycles. The number of hydrogen-bond donors (Lipinski definition) is 1. The van der Waals surface area contributed by atoms with E-state index in [1.807, 2.05) is 43.1 Å². The van der Waals surface area contributed by atoms with Crippen molar-refractivity contribution in [2.45, 2.75) is 20.3 Å². The molecule has 0 spiro atoms. The van der Waals surface area contributed by atoms with Gasteiger partial charge in [-0.1, -0.05) is 19.1 Å². The van der Waals surface area contributed by atoms with Crippen LogP contribution in [0.2, 0.25) is 0 Å². The molecule has 0 fully saturated rings. The Hall–Kier alpha value is -1.51. The first-order chi connectivity index (χ1) is 7.74. The summed E-state index contributed by atoms with van der Waals surface area (Å²) >= 11 is 0. The Bertz CT molecular complexity index is 350. The van der Waals surface area contributed by atoms with Gasteiger partial charge in [0.05, 0.1) is 5.56 Å². The maximum Gasteiger partial charge on any atom is 0.255 e. The molecule has 0 aliphatic rings. The van der Waals surface area contributed by atoms with Gasteiger partial charge in [-0.2, -0.15) is 0 Å². The molecule has 0 bridgehead atoms. The van der Waals surface area contributed by atoms with Crippen LogP contribution in [0.1, 0.15) is 30.6 Å². The second kappa shape index (κ2) is 6.16. The van der Waals surface area contributed by atoms with Crippen LogP contribution in [0.15, 0.2) is 24.3 Å². The lowest BCUT2D eigenvalue weighted by atomic mass is 10.1. The average Bonchev–Trinajstić information content (AvgIpc) is 2.35. The topological polar surface area (TPSA) is 32.3 Å². The predicted molar refractivity (Wildman–Crippen MR) is 67.9 cm³/mol. The van der Waals surface area contributed by atoms with Crippen LogP contribution in [0, 0.1) is 0 Å². The minimum Gasteiger partial charge on any atom is -0.387 e. The fourth-order valence-electron chi connectivity index (χ4n) is 1.73. The summed E-state index contributed by atoms with van der Waals surface area (Å²) in [5, 5.41) is 3.05. The molecule has 0 unspecified atom stereocenters. The summed E-state index contributed by atoms with van der Waals surface area (Å²) in [5.74, 6) is 0.106. The second-order valence-corrected chi connectivity index (χ2v) is 3.68. The number of nitrogens with zero attached hydrogens (tertiary/aromatic N) is 1. The van der Waals surface area contributed by atoms with Gasteiger partial charge in [-0.25, -0.2) is 0 Å². The van der Waals surface area contributed by atoms with Gasteiger partial charge >= 0.3 is 0 Å². The van der Waals surface area contributed by atoms with Crippen LogP contribution in [0.25, 0.3) is 0 Å². The minimum absolute atomic E-state index is 0.106. The molecule has 1 rings (SSSR count). The van der Waals surface area contributed by atoms with Crippen LogP contribution in [-0.4, -0.2) is 30.9 Å². The van der Waals surface area contributed by atoms with Crippen LogP contribution >= 0.6 is 0 Å². The number of carbonyl (C=O) groups excluding carboxylic acids is 1. The van der Waals surface area contributed by atoms with E-state index in [-0.39, 0.29) is 5.91 Å². The molecule has 3 heteroatoms. The number of rotatable bonds is 5. The number of anilines is 1. The van der Waals surface area contributed by atoms with Gasteiger partial charge in [0.2, 0.25) is 0 Å². The first-order valence-corrected chi connectivity index (χ1v) is 5.80. The highest BCUT2D eigenvalue weighted by Crippen LogP contribution is 2.16. The van der Waals surface area contributed by atoms with E-state index in [1.54, 1.807) is 0 Å². The molecule has 0 saturated carbocycles. The van der Waals surface area contributed by atoms with E-state index >= 15 is 0 Å². The number of carbonyl (C=O) groups is 1. The van der Waals surface area contributed by atoms with E-state index in [0.29, 0.717) is 0 Å². The third kappa shape index (κ3) is 2.75. The molecular formula is C13H20N2O. The Kier molecular flexibility index (Phi) is 4.83. The van der Waals surface area contributed by atoms with Gasteiger partial charge in [0.15, 0.2) is 0 Å². The molecule has 0 aliphatic carbocycles. The highest BCUT2D eigenvalue weighted by molar-refractivity contribution is 5.99. The van der Waals surface area contributed by atoms with Crippen LogP contribution in [0.4, 0.5) is 5.69 Å². The first kappa shape index (κ1) is 12.6. The predicted octanol–water partition coefficient (Wildman–Crippen LogP) is 2.60. The summed E-state index contributed by atoms with van der Waals surface area (Å²) in [5.41, 5.74) is 1.64. The molecule has 0 atom stereocenters. The average molecular weight is 220 g/mol. The lowest BCUT2D eigenvalue weighted by molar-refractivity contribution is 0.0765. The van der Waals surface area contributed by atoms with Gasteiger partial charge in [0.1, 0.15) is 0 Å². The van der Waals surface area contributed by atoms with Gasteiger partial charge in [-0.15, -0.1) is 0 Å². The summed E-state index contributed by atoms with van der Waals surface area (Å²) in [6.45, 7) is 5.66. The number of amides is 1. The normalized spacial score (nSPS) is 9.94. The lowest BCUT2D eigenvalue weighted by Crippen LogP contribution is -2.31. The molecule has 1 amide bonds. The Morgan fingerprint density at radius 3 is 2.56 bits per heavy atom. The third-order valence-electron chi connectivity index (χ3n) is 2.59. The van der Waals surface area contributed by atoms with Gasteiger partial charge in [0.25, 0.3) is 5.91 Å². The van der Waals surface area contributed by atoms with E-state index in [2.05, 4.69) is 12.2 Å². The Balaban J connectivity index is 2.93. The van der Waals surface area contributed by atoms with Crippen LogP contribution < -0.4 is 5.32 Å². The van der Waals surface area contributed by atoms with E-state index in [9.17, 15) is 4.79 Å². The summed E-state index contributed by atoms with van der Waals surface area (Å²) in [7, 11) is 1.84. The fraction of sp³-hybridized carbons (Fsp3) is 0.462. The number of nitrogens with one attached hydrogen (secondary N) is 1. The lowest BCUT2D eigenvalue weighted by Gasteiger charge is -2.21. The van der Waals surface area contributed by atoms with Gasteiger partial charge in [0, 0.05) is 25.8 Å². The number of hydrogen-bond acceptors (Lipinski definition) is 2.